The highest BCUT2D eigenvalue weighted by Crippen LogP contribution is 2.10. The SMILES string of the molecule is CC(C)C(C)CNc1cnc(C(=O)O)cn1. The molecule has 88 valence electrons. The van der Waals surface area contributed by atoms with Crippen LogP contribution in [-0.2, 0) is 0 Å². The topological polar surface area (TPSA) is 75.1 Å². The number of hydrogen-bond acceptors (Lipinski definition) is 4. The molecule has 5 heteroatoms. The molecule has 1 unspecified atom stereocenters. The van der Waals surface area contributed by atoms with Gasteiger partial charge in [0.05, 0.1) is 12.4 Å². The van der Waals surface area contributed by atoms with Gasteiger partial charge in [-0.3, -0.25) is 0 Å². The number of carboxylic acids is 1. The third kappa shape index (κ3) is 3.49. The van der Waals surface area contributed by atoms with E-state index in [1.807, 2.05) is 0 Å². The van der Waals surface area contributed by atoms with Gasteiger partial charge in [0.25, 0.3) is 0 Å². The Labute approximate surface area is 94.9 Å². The Morgan fingerprint density at radius 1 is 1.38 bits per heavy atom. The van der Waals surface area contributed by atoms with Crippen LogP contribution < -0.4 is 5.32 Å². The molecule has 0 amide bonds. The molecule has 0 saturated carbocycles. The van der Waals surface area contributed by atoms with Crippen LogP contribution >= 0.6 is 0 Å². The summed E-state index contributed by atoms with van der Waals surface area (Å²) in [5.74, 6) is 0.673. The summed E-state index contributed by atoms with van der Waals surface area (Å²) in [5.41, 5.74) is -0.0394. The average molecular weight is 223 g/mol. The molecule has 1 aromatic heterocycles. The van der Waals surface area contributed by atoms with Crippen LogP contribution in [0.1, 0.15) is 31.3 Å². The van der Waals surface area contributed by atoms with Crippen LogP contribution in [0, 0.1) is 11.8 Å². The van der Waals surface area contributed by atoms with Crippen molar-refractivity contribution < 1.29 is 9.90 Å². The monoisotopic (exact) mass is 223 g/mol. The van der Waals surface area contributed by atoms with E-state index in [1.54, 1.807) is 0 Å². The first-order valence-corrected chi connectivity index (χ1v) is 5.30. The zero-order chi connectivity index (χ0) is 12.1. The van der Waals surface area contributed by atoms with Crippen LogP contribution in [0.4, 0.5) is 5.82 Å². The van der Waals surface area contributed by atoms with Crippen molar-refractivity contribution in [1.29, 1.82) is 0 Å². The summed E-state index contributed by atoms with van der Waals surface area (Å²) in [4.78, 5) is 18.3. The fraction of sp³-hybridized carbons (Fsp3) is 0.545. The fourth-order valence-electron chi connectivity index (χ4n) is 1.03. The van der Waals surface area contributed by atoms with Gasteiger partial charge >= 0.3 is 5.97 Å². The van der Waals surface area contributed by atoms with Crippen molar-refractivity contribution in [2.75, 3.05) is 11.9 Å². The summed E-state index contributed by atoms with van der Waals surface area (Å²) in [7, 11) is 0. The van der Waals surface area contributed by atoms with Crippen LogP contribution in [0.15, 0.2) is 12.4 Å². The van der Waals surface area contributed by atoms with Gasteiger partial charge in [0.2, 0.25) is 0 Å². The molecule has 0 fully saturated rings. The third-order valence-electron chi connectivity index (χ3n) is 2.61. The van der Waals surface area contributed by atoms with Crippen molar-refractivity contribution in [3.63, 3.8) is 0 Å². The van der Waals surface area contributed by atoms with Gasteiger partial charge in [-0.15, -0.1) is 0 Å². The van der Waals surface area contributed by atoms with E-state index < -0.39 is 5.97 Å². The Morgan fingerprint density at radius 2 is 2.06 bits per heavy atom. The third-order valence-corrected chi connectivity index (χ3v) is 2.61. The summed E-state index contributed by atoms with van der Waals surface area (Å²) in [6, 6.07) is 0. The molecule has 0 aliphatic rings. The summed E-state index contributed by atoms with van der Waals surface area (Å²) < 4.78 is 0. The lowest BCUT2D eigenvalue weighted by molar-refractivity contribution is 0.0690. The van der Waals surface area contributed by atoms with Gasteiger partial charge in [-0.25, -0.2) is 14.8 Å². The molecule has 0 radical (unpaired) electrons. The molecular formula is C11H17N3O2. The first-order valence-electron chi connectivity index (χ1n) is 5.30. The second-order valence-corrected chi connectivity index (χ2v) is 4.19. The molecule has 0 aromatic carbocycles. The zero-order valence-electron chi connectivity index (χ0n) is 9.77. The molecule has 1 aromatic rings. The van der Waals surface area contributed by atoms with Crippen molar-refractivity contribution in [3.05, 3.63) is 18.1 Å². The molecule has 0 spiro atoms. The van der Waals surface area contributed by atoms with Gasteiger partial charge in [-0.2, -0.15) is 0 Å². The Kier molecular flexibility index (Phi) is 4.22. The predicted molar refractivity (Wildman–Crippen MR) is 61.5 cm³/mol. The van der Waals surface area contributed by atoms with E-state index in [-0.39, 0.29) is 5.69 Å². The summed E-state index contributed by atoms with van der Waals surface area (Å²) in [6.45, 7) is 7.27. The number of nitrogens with zero attached hydrogens (tertiary/aromatic N) is 2. The molecule has 1 heterocycles. The molecule has 16 heavy (non-hydrogen) atoms. The number of carbonyl (C=O) groups is 1. The Hall–Kier alpha value is -1.65. The second kappa shape index (κ2) is 5.44. The van der Waals surface area contributed by atoms with Gasteiger partial charge in [0.1, 0.15) is 5.82 Å². The largest absolute Gasteiger partial charge is 0.476 e. The smallest absolute Gasteiger partial charge is 0.356 e. The molecule has 2 N–H and O–H groups in total. The Bertz CT molecular complexity index is 349. The molecular weight excluding hydrogens is 206 g/mol. The maximum absolute atomic E-state index is 10.5. The molecule has 0 aliphatic heterocycles. The molecule has 1 atom stereocenters. The van der Waals surface area contributed by atoms with Gasteiger partial charge in [-0.05, 0) is 11.8 Å². The van der Waals surface area contributed by atoms with E-state index >= 15 is 0 Å². The highest BCUT2D eigenvalue weighted by Gasteiger charge is 2.08. The lowest BCUT2D eigenvalue weighted by Crippen LogP contribution is -2.17. The molecule has 0 bridgehead atoms. The zero-order valence-corrected chi connectivity index (χ0v) is 9.77. The minimum Gasteiger partial charge on any atom is -0.476 e. The molecule has 5 nitrogen and oxygen atoms in total. The maximum atomic E-state index is 10.5. The van der Waals surface area contributed by atoms with Gasteiger partial charge in [0.15, 0.2) is 5.69 Å². The van der Waals surface area contributed by atoms with Crippen molar-refractivity contribution in [3.8, 4) is 0 Å². The van der Waals surface area contributed by atoms with Crippen molar-refractivity contribution >= 4 is 11.8 Å². The number of aromatic carboxylic acids is 1. The lowest BCUT2D eigenvalue weighted by Gasteiger charge is -2.16. The van der Waals surface area contributed by atoms with E-state index in [0.29, 0.717) is 17.7 Å². The molecule has 0 aliphatic carbocycles. The fourth-order valence-corrected chi connectivity index (χ4v) is 1.03. The molecule has 1 rings (SSSR count). The highest BCUT2D eigenvalue weighted by molar-refractivity contribution is 5.84. The van der Waals surface area contributed by atoms with E-state index in [9.17, 15) is 4.79 Å². The highest BCUT2D eigenvalue weighted by atomic mass is 16.4. The lowest BCUT2D eigenvalue weighted by atomic mass is 9.98. The maximum Gasteiger partial charge on any atom is 0.356 e. The van der Waals surface area contributed by atoms with Gasteiger partial charge in [0, 0.05) is 6.54 Å². The van der Waals surface area contributed by atoms with Crippen LogP contribution in [-0.4, -0.2) is 27.6 Å². The van der Waals surface area contributed by atoms with Crippen molar-refractivity contribution in [1.82, 2.24) is 9.97 Å². The van der Waals surface area contributed by atoms with Crippen LogP contribution in [0.25, 0.3) is 0 Å². The summed E-state index contributed by atoms with van der Waals surface area (Å²) >= 11 is 0. The normalized spacial score (nSPS) is 12.5. The summed E-state index contributed by atoms with van der Waals surface area (Å²) in [6.07, 6.45) is 2.70. The first kappa shape index (κ1) is 12.4. The van der Waals surface area contributed by atoms with Crippen molar-refractivity contribution in [2.24, 2.45) is 11.8 Å². The van der Waals surface area contributed by atoms with E-state index in [2.05, 4.69) is 36.1 Å². The second-order valence-electron chi connectivity index (χ2n) is 4.19. The van der Waals surface area contributed by atoms with Crippen molar-refractivity contribution in [2.45, 2.75) is 20.8 Å². The number of carboxylic acid groups (broad SMARTS) is 1. The van der Waals surface area contributed by atoms with Crippen LogP contribution in [0.3, 0.4) is 0 Å². The van der Waals surface area contributed by atoms with E-state index in [0.717, 1.165) is 6.54 Å². The number of rotatable bonds is 5. The number of hydrogen-bond donors (Lipinski definition) is 2. The predicted octanol–water partition coefficient (Wildman–Crippen LogP) is 1.88. The van der Waals surface area contributed by atoms with E-state index in [4.69, 9.17) is 5.11 Å². The van der Waals surface area contributed by atoms with Crippen LogP contribution in [0.5, 0.6) is 0 Å². The van der Waals surface area contributed by atoms with Gasteiger partial charge in [-0.1, -0.05) is 20.8 Å². The quantitative estimate of drug-likeness (QED) is 0.797. The number of aromatic nitrogens is 2. The van der Waals surface area contributed by atoms with E-state index in [1.165, 1.54) is 12.4 Å². The standard InChI is InChI=1S/C11H17N3O2/c1-7(2)8(3)4-13-10-6-12-9(5-14-10)11(15)16/h5-8H,4H2,1-3H3,(H,13,14)(H,15,16). The average Bonchev–Trinajstić information content (AvgIpc) is 2.26. The Balaban J connectivity index is 2.53. The minimum absolute atomic E-state index is 0.0394. The summed E-state index contributed by atoms with van der Waals surface area (Å²) in [5, 5.41) is 11.8. The Morgan fingerprint density at radius 3 is 2.50 bits per heavy atom. The molecule has 0 saturated heterocycles. The van der Waals surface area contributed by atoms with Crippen LogP contribution in [0.2, 0.25) is 0 Å². The first-order chi connectivity index (χ1) is 7.50. The number of nitrogens with one attached hydrogen (secondary N) is 1. The van der Waals surface area contributed by atoms with Gasteiger partial charge < -0.3 is 10.4 Å². The number of anilines is 1. The minimum atomic E-state index is -1.06.